The predicted molar refractivity (Wildman–Crippen MR) is 73.2 cm³/mol. The molecule has 1 heterocycles. The molecule has 0 spiro atoms. The fourth-order valence-electron chi connectivity index (χ4n) is 3.03. The quantitative estimate of drug-likeness (QED) is 0.524. The Morgan fingerprint density at radius 2 is 1.95 bits per heavy atom. The maximum atomic E-state index is 12.1. The van der Waals surface area contributed by atoms with Gasteiger partial charge in [-0.1, -0.05) is 11.6 Å². The van der Waals surface area contributed by atoms with E-state index in [1.54, 1.807) is 0 Å². The van der Waals surface area contributed by atoms with Crippen molar-refractivity contribution in [3.8, 4) is 0 Å². The summed E-state index contributed by atoms with van der Waals surface area (Å²) in [7, 11) is 1.54. The van der Waals surface area contributed by atoms with Crippen LogP contribution in [0.2, 0.25) is 5.02 Å². The summed E-state index contributed by atoms with van der Waals surface area (Å²) in [6.45, 7) is 0. The molecule has 1 N–H and O–H groups in total. The average Bonchev–Trinajstić information content (AvgIpc) is 2.56. The first-order valence-electron chi connectivity index (χ1n) is 6.24. The van der Waals surface area contributed by atoms with Gasteiger partial charge in [-0.25, -0.2) is 0 Å². The van der Waals surface area contributed by atoms with Crippen LogP contribution in [0.3, 0.4) is 0 Å². The van der Waals surface area contributed by atoms with Gasteiger partial charge >= 0.3 is 0 Å². The fraction of sp³-hybridized carbons (Fsp3) is 0.462. The Morgan fingerprint density at radius 1 is 1.35 bits per heavy atom. The van der Waals surface area contributed by atoms with Crippen LogP contribution in [0, 0.1) is 5.92 Å². The van der Waals surface area contributed by atoms with Crippen molar-refractivity contribution >= 4 is 40.1 Å². The summed E-state index contributed by atoms with van der Waals surface area (Å²) in [5.41, 5.74) is -0.165. The van der Waals surface area contributed by atoms with Crippen molar-refractivity contribution in [2.24, 2.45) is 13.0 Å². The van der Waals surface area contributed by atoms with E-state index < -0.39 is 16.9 Å². The van der Waals surface area contributed by atoms with Crippen molar-refractivity contribution in [1.29, 1.82) is 0 Å². The molecule has 2 bridgehead atoms. The largest absolute Gasteiger partial charge is 0.345 e. The van der Waals surface area contributed by atoms with Crippen LogP contribution in [0.1, 0.15) is 40.1 Å². The summed E-state index contributed by atoms with van der Waals surface area (Å²) in [6.07, 6.45) is 4.18. The SMILES string of the molecule is Cn1cc(C(=O)C(=O)NC23CC(C2)C3)c(Cl)c1C(=O)Cl. The van der Waals surface area contributed by atoms with Gasteiger partial charge in [0.1, 0.15) is 5.69 Å². The molecule has 0 saturated heterocycles. The molecule has 1 aromatic heterocycles. The second kappa shape index (κ2) is 4.33. The van der Waals surface area contributed by atoms with Crippen LogP contribution in [0.25, 0.3) is 0 Å². The maximum absolute atomic E-state index is 12.1. The van der Waals surface area contributed by atoms with Crippen molar-refractivity contribution in [2.45, 2.75) is 24.8 Å². The third-order valence-electron chi connectivity index (χ3n) is 4.17. The predicted octanol–water partition coefficient (Wildman–Crippen LogP) is 1.91. The molecule has 4 rings (SSSR count). The van der Waals surface area contributed by atoms with Crippen molar-refractivity contribution < 1.29 is 14.4 Å². The first-order chi connectivity index (χ1) is 9.33. The molecule has 7 heteroatoms. The Labute approximate surface area is 125 Å². The molecular formula is C13H12Cl2N2O3. The summed E-state index contributed by atoms with van der Waals surface area (Å²) in [6, 6.07) is 0. The Kier molecular flexibility index (Phi) is 2.95. The van der Waals surface area contributed by atoms with Gasteiger partial charge in [-0.3, -0.25) is 14.4 Å². The zero-order valence-corrected chi connectivity index (χ0v) is 12.2. The molecule has 106 valence electrons. The van der Waals surface area contributed by atoms with Gasteiger partial charge in [0.05, 0.1) is 10.6 Å². The number of hydrogen-bond acceptors (Lipinski definition) is 3. The standard InChI is InChI=1S/C13H12Cl2N2O3/c1-17-5-7(8(14)9(17)11(15)19)10(18)12(20)16-13-2-6(3-13)4-13/h5-6H,2-4H2,1H3,(H,16,20). The normalized spacial score (nSPS) is 26.4. The molecule has 3 aliphatic rings. The minimum Gasteiger partial charge on any atom is -0.345 e. The van der Waals surface area contributed by atoms with E-state index in [0.717, 1.165) is 19.3 Å². The molecule has 1 amide bonds. The van der Waals surface area contributed by atoms with Crippen molar-refractivity contribution in [3.63, 3.8) is 0 Å². The molecule has 0 radical (unpaired) electrons. The topological polar surface area (TPSA) is 68.2 Å². The van der Waals surface area contributed by atoms with E-state index in [-0.39, 0.29) is 21.8 Å². The first kappa shape index (κ1) is 13.6. The number of aryl methyl sites for hydroxylation is 1. The number of amides is 1. The number of rotatable bonds is 4. The van der Waals surface area contributed by atoms with Gasteiger partial charge in [0.25, 0.3) is 16.9 Å². The van der Waals surface area contributed by atoms with Gasteiger partial charge in [0.2, 0.25) is 0 Å². The van der Waals surface area contributed by atoms with E-state index in [9.17, 15) is 14.4 Å². The van der Waals surface area contributed by atoms with Crippen molar-refractivity contribution in [1.82, 2.24) is 9.88 Å². The van der Waals surface area contributed by atoms with Gasteiger partial charge in [0.15, 0.2) is 0 Å². The van der Waals surface area contributed by atoms with Gasteiger partial charge in [-0.2, -0.15) is 0 Å². The molecule has 0 atom stereocenters. The maximum Gasteiger partial charge on any atom is 0.292 e. The van der Waals surface area contributed by atoms with Crippen LogP contribution < -0.4 is 5.32 Å². The van der Waals surface area contributed by atoms with Crippen LogP contribution in [-0.4, -0.2) is 27.0 Å². The van der Waals surface area contributed by atoms with E-state index >= 15 is 0 Å². The van der Waals surface area contributed by atoms with Gasteiger partial charge in [-0.15, -0.1) is 0 Å². The number of aromatic nitrogens is 1. The lowest BCUT2D eigenvalue weighted by Crippen LogP contribution is -2.68. The molecule has 3 aliphatic carbocycles. The number of ketones is 1. The minimum atomic E-state index is -0.767. The zero-order valence-electron chi connectivity index (χ0n) is 10.7. The highest BCUT2D eigenvalue weighted by molar-refractivity contribution is 6.68. The van der Waals surface area contributed by atoms with Crippen LogP contribution in [-0.2, 0) is 11.8 Å². The fourth-order valence-corrected chi connectivity index (χ4v) is 3.66. The highest BCUT2D eigenvalue weighted by Crippen LogP contribution is 2.56. The minimum absolute atomic E-state index is 0.00210. The third-order valence-corrected chi connectivity index (χ3v) is 4.74. The van der Waals surface area contributed by atoms with E-state index in [1.165, 1.54) is 17.8 Å². The Hall–Kier alpha value is -1.33. The number of halogens is 2. The van der Waals surface area contributed by atoms with E-state index in [4.69, 9.17) is 23.2 Å². The number of hydrogen-bond donors (Lipinski definition) is 1. The molecular weight excluding hydrogens is 303 g/mol. The summed E-state index contributed by atoms with van der Waals surface area (Å²) in [5, 5.41) is 1.92. The first-order valence-corrected chi connectivity index (χ1v) is 7.00. The van der Waals surface area contributed by atoms with Crippen molar-refractivity contribution in [2.75, 3.05) is 0 Å². The second-order valence-electron chi connectivity index (χ2n) is 5.63. The smallest absolute Gasteiger partial charge is 0.292 e. The van der Waals surface area contributed by atoms with Crippen LogP contribution in [0.15, 0.2) is 6.20 Å². The average molecular weight is 315 g/mol. The number of carbonyl (C=O) groups excluding carboxylic acids is 3. The summed E-state index contributed by atoms with van der Waals surface area (Å²) >= 11 is 11.4. The van der Waals surface area contributed by atoms with Crippen LogP contribution >= 0.6 is 23.2 Å². The Morgan fingerprint density at radius 3 is 2.35 bits per heavy atom. The molecule has 20 heavy (non-hydrogen) atoms. The molecule has 1 aromatic rings. The summed E-state index contributed by atoms with van der Waals surface area (Å²) in [4.78, 5) is 35.3. The molecule has 0 aromatic carbocycles. The highest BCUT2D eigenvalue weighted by atomic mass is 35.5. The molecule has 0 unspecified atom stereocenters. The molecule has 3 saturated carbocycles. The van der Waals surface area contributed by atoms with Gasteiger partial charge in [0, 0.05) is 18.8 Å². The number of Topliss-reactive ketones (excluding diaryl/α,β-unsaturated/α-hetero) is 1. The van der Waals surface area contributed by atoms with E-state index in [1.807, 2.05) is 0 Å². The van der Waals surface area contributed by atoms with E-state index in [2.05, 4.69) is 5.32 Å². The molecule has 3 fully saturated rings. The Bertz CT molecular complexity index is 633. The Balaban J connectivity index is 1.81. The lowest BCUT2D eigenvalue weighted by atomic mass is 9.50. The highest BCUT2D eigenvalue weighted by Gasteiger charge is 2.57. The lowest BCUT2D eigenvalue weighted by molar-refractivity contribution is -0.128. The monoisotopic (exact) mass is 314 g/mol. The third kappa shape index (κ3) is 1.88. The second-order valence-corrected chi connectivity index (χ2v) is 6.35. The van der Waals surface area contributed by atoms with E-state index in [0.29, 0.717) is 5.92 Å². The zero-order chi connectivity index (χ0) is 14.7. The summed E-state index contributed by atoms with van der Waals surface area (Å²) < 4.78 is 1.35. The number of nitrogens with one attached hydrogen (secondary N) is 1. The molecule has 5 nitrogen and oxygen atoms in total. The van der Waals surface area contributed by atoms with Crippen molar-refractivity contribution in [3.05, 3.63) is 22.5 Å². The number of carbonyl (C=O) groups is 3. The van der Waals surface area contributed by atoms with Crippen LogP contribution in [0.4, 0.5) is 0 Å². The van der Waals surface area contributed by atoms with Gasteiger partial charge in [-0.05, 0) is 36.8 Å². The number of nitrogens with zero attached hydrogens (tertiary/aromatic N) is 1. The lowest BCUT2D eigenvalue weighted by Gasteiger charge is -2.61. The van der Waals surface area contributed by atoms with Gasteiger partial charge < -0.3 is 9.88 Å². The van der Waals surface area contributed by atoms with Crippen LogP contribution in [0.5, 0.6) is 0 Å². The summed E-state index contributed by atoms with van der Waals surface area (Å²) in [5.74, 6) is -0.713. The molecule has 0 aliphatic heterocycles.